The van der Waals surface area contributed by atoms with Gasteiger partial charge in [0.25, 0.3) is 10.0 Å². The predicted molar refractivity (Wildman–Crippen MR) is 73.3 cm³/mol. The van der Waals surface area contributed by atoms with E-state index in [0.29, 0.717) is 17.2 Å². The second kappa shape index (κ2) is 5.96. The van der Waals surface area contributed by atoms with Crippen LogP contribution >= 0.6 is 11.3 Å². The van der Waals surface area contributed by atoms with E-state index in [1.807, 2.05) is 13.0 Å². The van der Waals surface area contributed by atoms with Gasteiger partial charge in [0.1, 0.15) is 10.4 Å². The molecule has 1 aromatic heterocycles. The molecule has 0 aromatic carbocycles. The van der Waals surface area contributed by atoms with Gasteiger partial charge in [0.15, 0.2) is 0 Å². The van der Waals surface area contributed by atoms with Gasteiger partial charge in [-0.15, -0.1) is 11.3 Å². The number of aliphatic imine (C=N–C) groups is 1. The van der Waals surface area contributed by atoms with E-state index in [4.69, 9.17) is 0 Å². The Kier molecular flexibility index (Phi) is 4.52. The molecule has 1 aliphatic rings. The van der Waals surface area contributed by atoms with E-state index in [0.717, 1.165) is 24.1 Å². The molecule has 19 heavy (non-hydrogen) atoms. The minimum Gasteiger partial charge on any atom is -0.211 e. The van der Waals surface area contributed by atoms with Gasteiger partial charge in [-0.25, -0.2) is 13.2 Å². The second-order valence-electron chi connectivity index (χ2n) is 4.39. The number of aryl methyl sites for hydroxylation is 1. The van der Waals surface area contributed by atoms with Gasteiger partial charge in [0.05, 0.1) is 0 Å². The summed E-state index contributed by atoms with van der Waals surface area (Å²) >= 11 is 1.28. The summed E-state index contributed by atoms with van der Waals surface area (Å²) < 4.78 is 26.8. The fraction of sp³-hybridized carbons (Fsp3) is 0.583. The minimum absolute atomic E-state index is 0.331. The number of nitrogens with zero attached hydrogens (tertiary/aromatic N) is 2. The molecule has 104 valence electrons. The number of carbonyl (C=O) groups excluding carboxylic acids is 1. The lowest BCUT2D eigenvalue weighted by atomic mass is 10.1. The first-order chi connectivity index (χ1) is 9.09. The van der Waals surface area contributed by atoms with Gasteiger partial charge >= 0.3 is 0 Å². The smallest absolute Gasteiger partial charge is 0.211 e. The third-order valence-electron chi connectivity index (χ3n) is 3.17. The van der Waals surface area contributed by atoms with E-state index in [-0.39, 0.29) is 0 Å². The molecular formula is C12H16N2O3S2. The SMILES string of the molecule is CCc1ccc(S(=O)(=O)N2CCCCC2N=C=O)s1. The van der Waals surface area contributed by atoms with Crippen LogP contribution < -0.4 is 0 Å². The van der Waals surface area contributed by atoms with Crippen LogP contribution in [0.3, 0.4) is 0 Å². The van der Waals surface area contributed by atoms with Crippen LogP contribution in [0, 0.1) is 0 Å². The van der Waals surface area contributed by atoms with Gasteiger partial charge in [-0.3, -0.25) is 0 Å². The van der Waals surface area contributed by atoms with Crippen molar-refractivity contribution in [3.05, 3.63) is 17.0 Å². The van der Waals surface area contributed by atoms with Crippen molar-refractivity contribution in [2.24, 2.45) is 4.99 Å². The first-order valence-electron chi connectivity index (χ1n) is 6.27. The molecule has 2 heterocycles. The highest BCUT2D eigenvalue weighted by Crippen LogP contribution is 2.30. The average molecular weight is 300 g/mol. The molecular weight excluding hydrogens is 284 g/mol. The van der Waals surface area contributed by atoms with E-state index >= 15 is 0 Å². The van der Waals surface area contributed by atoms with Gasteiger partial charge in [0.2, 0.25) is 6.08 Å². The van der Waals surface area contributed by atoms with E-state index in [1.54, 1.807) is 6.07 Å². The van der Waals surface area contributed by atoms with Crippen LogP contribution in [-0.4, -0.2) is 31.5 Å². The van der Waals surface area contributed by atoms with Crippen LogP contribution in [0.2, 0.25) is 0 Å². The van der Waals surface area contributed by atoms with Crippen LogP contribution in [0.15, 0.2) is 21.3 Å². The van der Waals surface area contributed by atoms with Crippen molar-refractivity contribution >= 4 is 27.4 Å². The predicted octanol–water partition coefficient (Wildman–Crippen LogP) is 2.15. The van der Waals surface area contributed by atoms with Crippen LogP contribution in [0.5, 0.6) is 0 Å². The second-order valence-corrected chi connectivity index (χ2v) is 7.67. The Morgan fingerprint density at radius 1 is 1.47 bits per heavy atom. The maximum Gasteiger partial charge on any atom is 0.254 e. The molecule has 1 aromatic rings. The Bertz CT molecular complexity index is 588. The summed E-state index contributed by atoms with van der Waals surface area (Å²) in [4.78, 5) is 15.1. The lowest BCUT2D eigenvalue weighted by Crippen LogP contribution is -2.42. The molecule has 0 amide bonds. The van der Waals surface area contributed by atoms with Crippen molar-refractivity contribution in [1.29, 1.82) is 0 Å². The van der Waals surface area contributed by atoms with Crippen LogP contribution in [0.1, 0.15) is 31.1 Å². The molecule has 1 fully saturated rings. The van der Waals surface area contributed by atoms with Crippen molar-refractivity contribution in [3.63, 3.8) is 0 Å². The molecule has 0 bridgehead atoms. The number of thiophene rings is 1. The zero-order chi connectivity index (χ0) is 13.9. The van der Waals surface area contributed by atoms with E-state index in [9.17, 15) is 13.2 Å². The summed E-state index contributed by atoms with van der Waals surface area (Å²) in [6.07, 6.45) is 3.97. The fourth-order valence-corrected chi connectivity index (χ4v) is 5.18. The summed E-state index contributed by atoms with van der Waals surface area (Å²) in [5, 5.41) is 0. The van der Waals surface area contributed by atoms with Crippen LogP contribution in [0.25, 0.3) is 0 Å². The Hall–Kier alpha value is -1.01. The van der Waals surface area contributed by atoms with Gasteiger partial charge in [-0.1, -0.05) is 6.92 Å². The van der Waals surface area contributed by atoms with Gasteiger partial charge in [0, 0.05) is 11.4 Å². The first-order valence-corrected chi connectivity index (χ1v) is 8.52. The van der Waals surface area contributed by atoms with Gasteiger partial charge in [-0.05, 0) is 37.8 Å². The lowest BCUT2D eigenvalue weighted by Gasteiger charge is -2.30. The first kappa shape index (κ1) is 14.4. The molecule has 2 rings (SSSR count). The zero-order valence-corrected chi connectivity index (χ0v) is 12.3. The highest BCUT2D eigenvalue weighted by Gasteiger charge is 2.34. The van der Waals surface area contributed by atoms with Crippen molar-refractivity contribution in [3.8, 4) is 0 Å². The van der Waals surface area contributed by atoms with Crippen molar-refractivity contribution in [2.75, 3.05) is 6.54 Å². The minimum atomic E-state index is -3.54. The summed E-state index contributed by atoms with van der Waals surface area (Å²) in [5.74, 6) is 0. The molecule has 0 N–H and O–H groups in total. The molecule has 5 nitrogen and oxygen atoms in total. The third-order valence-corrected chi connectivity index (χ3v) is 6.77. The lowest BCUT2D eigenvalue weighted by molar-refractivity contribution is 0.260. The molecule has 0 aliphatic carbocycles. The number of sulfonamides is 1. The normalized spacial score (nSPS) is 21.0. The topological polar surface area (TPSA) is 66.8 Å². The van der Waals surface area contributed by atoms with Crippen molar-refractivity contribution < 1.29 is 13.2 Å². The molecule has 0 radical (unpaired) electrons. The zero-order valence-electron chi connectivity index (χ0n) is 10.7. The molecule has 0 spiro atoms. The summed E-state index contributed by atoms with van der Waals surface area (Å²) in [6.45, 7) is 2.40. The summed E-state index contributed by atoms with van der Waals surface area (Å²) in [5.41, 5.74) is 0. The highest BCUT2D eigenvalue weighted by molar-refractivity contribution is 7.91. The quantitative estimate of drug-likeness (QED) is 0.632. The van der Waals surface area contributed by atoms with Crippen LogP contribution in [0.4, 0.5) is 0 Å². The molecule has 1 atom stereocenters. The summed E-state index contributed by atoms with van der Waals surface area (Å²) in [7, 11) is -3.54. The Morgan fingerprint density at radius 3 is 2.89 bits per heavy atom. The molecule has 0 saturated carbocycles. The summed E-state index contributed by atoms with van der Waals surface area (Å²) in [6, 6.07) is 3.47. The van der Waals surface area contributed by atoms with Crippen LogP contribution in [-0.2, 0) is 21.2 Å². The number of rotatable bonds is 4. The van der Waals surface area contributed by atoms with E-state index in [1.165, 1.54) is 21.7 Å². The third kappa shape index (κ3) is 2.95. The van der Waals surface area contributed by atoms with Crippen molar-refractivity contribution in [2.45, 2.75) is 43.0 Å². The standard InChI is InChI=1S/C12H16N2O3S2/c1-2-10-6-7-12(18-10)19(16,17)14-8-4-3-5-11(14)13-9-15/h6-7,11H,2-5,8H2,1H3. The number of hydrogen-bond donors (Lipinski definition) is 0. The molecule has 7 heteroatoms. The van der Waals surface area contributed by atoms with Gasteiger partial charge in [-0.2, -0.15) is 9.30 Å². The maximum atomic E-state index is 12.5. The van der Waals surface area contributed by atoms with E-state index in [2.05, 4.69) is 4.99 Å². The largest absolute Gasteiger partial charge is 0.254 e. The molecule has 1 aliphatic heterocycles. The number of piperidine rings is 1. The molecule has 1 unspecified atom stereocenters. The fourth-order valence-electron chi connectivity index (χ4n) is 2.16. The van der Waals surface area contributed by atoms with Crippen molar-refractivity contribution in [1.82, 2.24) is 4.31 Å². The average Bonchev–Trinajstić information content (AvgIpc) is 2.89. The number of hydrogen-bond acceptors (Lipinski definition) is 5. The Labute approximate surface area is 117 Å². The monoisotopic (exact) mass is 300 g/mol. The highest BCUT2D eigenvalue weighted by atomic mass is 32.2. The molecule has 1 saturated heterocycles. The Balaban J connectivity index is 2.33. The van der Waals surface area contributed by atoms with Gasteiger partial charge < -0.3 is 0 Å². The van der Waals surface area contributed by atoms with E-state index < -0.39 is 16.2 Å². The Morgan fingerprint density at radius 2 is 2.26 bits per heavy atom. The number of isocyanates is 1. The maximum absolute atomic E-state index is 12.5.